The molecule has 3 aromatic heterocycles. The monoisotopic (exact) mass is 1140 g/mol. The summed E-state index contributed by atoms with van der Waals surface area (Å²) in [5.74, 6) is -4.10. The van der Waals surface area contributed by atoms with Gasteiger partial charge in [-0.3, -0.25) is 17.6 Å². The van der Waals surface area contributed by atoms with Gasteiger partial charge in [-0.1, -0.05) is 131 Å². The van der Waals surface area contributed by atoms with Gasteiger partial charge in [-0.25, -0.2) is 4.39 Å². The van der Waals surface area contributed by atoms with Crippen molar-refractivity contribution in [3.05, 3.63) is 257 Å². The summed E-state index contributed by atoms with van der Waals surface area (Å²) in [6.45, 7) is -5.31. The van der Waals surface area contributed by atoms with Crippen molar-refractivity contribution < 1.29 is 50.3 Å². The fourth-order valence-electron chi connectivity index (χ4n) is 8.76. The average Bonchev–Trinajstić information content (AvgIpc) is 3.44. The van der Waals surface area contributed by atoms with Crippen molar-refractivity contribution in [1.82, 2.24) is 15.0 Å². The van der Waals surface area contributed by atoms with E-state index in [-0.39, 0.29) is 79.4 Å². The maximum Gasteiger partial charge on any atom is 3.00 e. The molecule has 3 heterocycles. The van der Waals surface area contributed by atoms with E-state index in [1.165, 1.54) is 36.7 Å². The third-order valence-corrected chi connectivity index (χ3v) is 12.4. The summed E-state index contributed by atoms with van der Waals surface area (Å²) in [6, 6.07) is 52.0. The molecular weight excluding hydrogens is 1090 g/mol. The van der Waals surface area contributed by atoms with Gasteiger partial charge < -0.3 is 15.0 Å². The summed E-state index contributed by atoms with van der Waals surface area (Å²) >= 11 is 0. The molecule has 0 fully saturated rings. The first-order valence-electron chi connectivity index (χ1n) is 25.7. The van der Waals surface area contributed by atoms with E-state index in [1.807, 2.05) is 103 Å². The predicted molar refractivity (Wildman–Crippen MR) is 271 cm³/mol. The summed E-state index contributed by atoms with van der Waals surface area (Å²) in [6.07, 6.45) is 5.27. The molecule has 9 heteroatoms. The zero-order valence-corrected chi connectivity index (χ0v) is 40.5. The van der Waals surface area contributed by atoms with E-state index < -0.39 is 42.8 Å². The second kappa shape index (κ2) is 21.7. The van der Waals surface area contributed by atoms with E-state index in [2.05, 4.69) is 28.2 Å². The van der Waals surface area contributed by atoms with Gasteiger partial charge in [0.2, 0.25) is 0 Å². The number of benzene rings is 7. The molecule has 0 radical (unpaired) electrons. The van der Waals surface area contributed by atoms with Gasteiger partial charge in [0.1, 0.15) is 5.82 Å². The second-order valence-electron chi connectivity index (χ2n) is 17.1. The minimum absolute atomic E-state index is 0. The Kier molecular flexibility index (Phi) is 12.7. The molecule has 354 valence electrons. The fourth-order valence-corrected chi connectivity index (χ4v) is 8.76. The third-order valence-electron chi connectivity index (χ3n) is 12.4. The van der Waals surface area contributed by atoms with E-state index in [9.17, 15) is 17.6 Å². The van der Waals surface area contributed by atoms with Crippen molar-refractivity contribution in [3.63, 3.8) is 0 Å². The SMILES string of the molecule is [2H]C([2H])([2H])c1cc(-c2[c-]cc(F)cc2F)ncc1CCc1cc(CCc2cnc(-c3[c-]cc(F)cc3F)cc2C([2H])([2H])[2H])cc(-c2cc(F)ccc2-c2cnc(-c3[c-]cccc3)cc2-c2ccc(-c3ccccc3)cc2)c1.[Ir+3]. The molecule has 0 unspecified atom stereocenters. The molecule has 3 nitrogen and oxygen atoms in total. The molecule has 10 rings (SSSR count). The standard InChI is InChI=1S/C63H43F5N3.Ir/c1-39-27-62(54-25-22-51(65)33-59(54)67)69-36-47(39)15-13-41-29-42(14-16-48-37-70-63(28-40(48)2)55-26-23-52(66)34-60(55)68)31-49(30-41)56-32-50(64)21-24-53(56)58-38-71-61(46-11-7-4-8-12-46)35-57(58)45-19-17-44(18-20-45)43-9-5-3-6-10-43;/h3-11,17-24,27-38H,13-16H2,1-2H3;/q-3;+3/i1D3,2D3;. The van der Waals surface area contributed by atoms with Gasteiger partial charge in [-0.05, 0) is 130 Å². The van der Waals surface area contributed by atoms with Crippen LogP contribution in [0.2, 0.25) is 0 Å². The van der Waals surface area contributed by atoms with Crippen LogP contribution in [0.15, 0.2) is 176 Å². The van der Waals surface area contributed by atoms with Gasteiger partial charge in [0.15, 0.2) is 0 Å². The maximum atomic E-state index is 15.9. The summed E-state index contributed by atoms with van der Waals surface area (Å²) in [5, 5.41) is 0. The summed E-state index contributed by atoms with van der Waals surface area (Å²) in [7, 11) is 0. The zero-order chi connectivity index (χ0) is 54.0. The van der Waals surface area contributed by atoms with Crippen LogP contribution in [-0.4, -0.2) is 15.0 Å². The van der Waals surface area contributed by atoms with Crippen LogP contribution in [0.4, 0.5) is 22.0 Å². The van der Waals surface area contributed by atoms with Crippen molar-refractivity contribution in [1.29, 1.82) is 0 Å². The minimum atomic E-state index is -2.65. The summed E-state index contributed by atoms with van der Waals surface area (Å²) in [5.41, 5.74) is 9.18. The van der Waals surface area contributed by atoms with Crippen molar-refractivity contribution in [2.24, 2.45) is 0 Å². The molecule has 0 atom stereocenters. The number of hydrogen-bond donors (Lipinski definition) is 0. The van der Waals surface area contributed by atoms with Crippen molar-refractivity contribution in [2.45, 2.75) is 39.4 Å². The van der Waals surface area contributed by atoms with E-state index in [1.54, 1.807) is 12.3 Å². The Morgan fingerprint density at radius 3 is 1.56 bits per heavy atom. The summed E-state index contributed by atoms with van der Waals surface area (Å²) in [4.78, 5) is 13.7. The van der Waals surface area contributed by atoms with Crippen molar-refractivity contribution in [3.8, 4) is 78.3 Å². The van der Waals surface area contributed by atoms with Crippen molar-refractivity contribution >= 4 is 0 Å². The molecule has 10 aromatic rings. The molecule has 7 aromatic carbocycles. The molecule has 0 spiro atoms. The number of halogens is 5. The topological polar surface area (TPSA) is 38.7 Å². The average molecular weight is 1140 g/mol. The van der Waals surface area contributed by atoms with Gasteiger partial charge in [0.05, 0.1) is 0 Å². The molecule has 72 heavy (non-hydrogen) atoms. The predicted octanol–water partition coefficient (Wildman–Crippen LogP) is 15.8. The van der Waals surface area contributed by atoms with Crippen LogP contribution in [0.25, 0.3) is 78.3 Å². The molecule has 0 saturated carbocycles. The van der Waals surface area contributed by atoms with Gasteiger partial charge in [-0.2, -0.15) is 0 Å². The van der Waals surface area contributed by atoms with Gasteiger partial charge >= 0.3 is 20.1 Å². The van der Waals surface area contributed by atoms with E-state index in [0.717, 1.165) is 39.9 Å². The number of rotatable bonds is 13. The Morgan fingerprint density at radius 2 is 0.986 bits per heavy atom. The molecule has 0 bridgehead atoms. The first-order chi connectivity index (χ1) is 36.9. The molecule has 0 saturated heterocycles. The molecule has 0 aliphatic rings. The van der Waals surface area contributed by atoms with Crippen LogP contribution in [0.5, 0.6) is 0 Å². The summed E-state index contributed by atoms with van der Waals surface area (Å²) < 4.78 is 124. The van der Waals surface area contributed by atoms with Crippen LogP contribution in [0.3, 0.4) is 0 Å². The van der Waals surface area contributed by atoms with Gasteiger partial charge in [0.25, 0.3) is 0 Å². The molecule has 0 aliphatic carbocycles. The minimum Gasteiger partial charge on any atom is -0.304 e. The van der Waals surface area contributed by atoms with Crippen LogP contribution in [-0.2, 0) is 45.8 Å². The largest absolute Gasteiger partial charge is 3.00 e. The number of aromatic nitrogens is 3. The van der Waals surface area contributed by atoms with Crippen LogP contribution in [0.1, 0.15) is 41.6 Å². The van der Waals surface area contributed by atoms with E-state index in [0.29, 0.717) is 62.3 Å². The van der Waals surface area contributed by atoms with Crippen LogP contribution in [0, 0.1) is 61.0 Å². The zero-order valence-electron chi connectivity index (χ0n) is 44.1. The van der Waals surface area contributed by atoms with Gasteiger partial charge in [0, 0.05) is 55.6 Å². The number of aryl methyl sites for hydroxylation is 6. The van der Waals surface area contributed by atoms with E-state index >= 15 is 4.39 Å². The van der Waals surface area contributed by atoms with Gasteiger partial charge in [-0.15, -0.1) is 60.2 Å². The molecular formula is C63H43F5IrN3. The second-order valence-corrected chi connectivity index (χ2v) is 17.1. The molecule has 0 amide bonds. The number of hydrogen-bond acceptors (Lipinski definition) is 3. The molecule has 0 N–H and O–H groups in total. The number of nitrogens with zero attached hydrogens (tertiary/aromatic N) is 3. The first-order valence-corrected chi connectivity index (χ1v) is 22.7. The van der Waals surface area contributed by atoms with Crippen LogP contribution >= 0.6 is 0 Å². The Bertz CT molecular complexity index is 3670. The quantitative estimate of drug-likeness (QED) is 0.0853. The van der Waals surface area contributed by atoms with E-state index in [4.69, 9.17) is 13.2 Å². The molecule has 0 aliphatic heterocycles. The van der Waals surface area contributed by atoms with Crippen LogP contribution < -0.4 is 0 Å². The first kappa shape index (κ1) is 42.0. The number of pyridine rings is 3. The fraction of sp³-hybridized carbons (Fsp3) is 0.0952. The smallest absolute Gasteiger partial charge is 0.304 e. The Balaban J connectivity index is 0.00000740. The normalized spacial score (nSPS) is 12.7. The third kappa shape index (κ3) is 10.9. The van der Waals surface area contributed by atoms with Crippen molar-refractivity contribution in [2.75, 3.05) is 0 Å². The Morgan fingerprint density at radius 1 is 0.431 bits per heavy atom. The maximum absolute atomic E-state index is 15.9. The Hall–Kier alpha value is -7.71. The Labute approximate surface area is 438 Å².